The molecule has 2 aliphatic heterocycles. The first kappa shape index (κ1) is 44.4. The second-order valence-electron chi connectivity index (χ2n) is 6.07. The van der Waals surface area contributed by atoms with Crippen molar-refractivity contribution in [3.63, 3.8) is 0 Å². The summed E-state index contributed by atoms with van der Waals surface area (Å²) in [5, 5.41) is 40.7. The molecule has 0 bridgehead atoms. The third-order valence-electron chi connectivity index (χ3n) is 4.28. The molecule has 0 aliphatic carbocycles. The van der Waals surface area contributed by atoms with Crippen LogP contribution in [0.5, 0.6) is 0 Å². The zero-order valence-electron chi connectivity index (χ0n) is 18.6. The van der Waals surface area contributed by atoms with Gasteiger partial charge in [0.1, 0.15) is 0 Å². The minimum absolute atomic E-state index is 0. The third-order valence-corrected chi connectivity index (χ3v) is 4.28. The van der Waals surface area contributed by atoms with Gasteiger partial charge in [-0.25, -0.2) is 9.47 Å². The van der Waals surface area contributed by atoms with Crippen LogP contribution in [0.3, 0.4) is 0 Å². The Kier molecular flexibility index (Phi) is 14.1. The summed E-state index contributed by atoms with van der Waals surface area (Å²) in [5.41, 5.74) is -11.2. The molecule has 0 aromatic carbocycles. The molecule has 2 rings (SSSR count). The second kappa shape index (κ2) is 12.1. The molecule has 0 saturated carbocycles. The number of ether oxygens (including phenoxy) is 2. The summed E-state index contributed by atoms with van der Waals surface area (Å²) in [6.45, 7) is 0. The van der Waals surface area contributed by atoms with Gasteiger partial charge in [-0.1, -0.05) is 0 Å². The van der Waals surface area contributed by atoms with Gasteiger partial charge in [-0.2, -0.15) is 52.7 Å². The van der Waals surface area contributed by atoms with Gasteiger partial charge in [0.05, 0.1) is 23.9 Å². The van der Waals surface area contributed by atoms with Crippen molar-refractivity contribution in [2.45, 2.75) is 36.3 Å². The molecule has 0 amide bonds. The van der Waals surface area contributed by atoms with Crippen molar-refractivity contribution in [2.24, 2.45) is 10.8 Å². The van der Waals surface area contributed by atoms with Crippen molar-refractivity contribution in [3.8, 4) is 0 Å². The summed E-state index contributed by atoms with van der Waals surface area (Å²) >= 11 is 0. The maximum Gasteiger partial charge on any atom is 1.00 e. The fraction of sp³-hybridized carbons (Fsp3) is 0.667. The van der Waals surface area contributed by atoms with Gasteiger partial charge in [0.15, 0.2) is 0 Å². The topological polar surface area (TPSA) is 179 Å². The average molecular weight is 560 g/mol. The van der Waals surface area contributed by atoms with Gasteiger partial charge < -0.3 is 39.6 Å². The van der Waals surface area contributed by atoms with E-state index >= 15 is 0 Å². The molecule has 2 saturated heterocycles. The Morgan fingerprint density at radius 2 is 0.553 bits per heavy atom. The van der Waals surface area contributed by atoms with Gasteiger partial charge in [-0.05, 0) is 0 Å². The van der Waals surface area contributed by atoms with Crippen LogP contribution in [0.2, 0.25) is 0 Å². The summed E-state index contributed by atoms with van der Waals surface area (Å²) < 4.78 is 156. The van der Waals surface area contributed by atoms with Crippen LogP contribution in [0.4, 0.5) is 52.7 Å². The van der Waals surface area contributed by atoms with Crippen molar-refractivity contribution >= 4 is 23.9 Å². The fourth-order valence-electron chi connectivity index (χ4n) is 2.56. The normalized spacial score (nSPS) is 24.7. The quantitative estimate of drug-likeness (QED) is 0.182. The zero-order chi connectivity index (χ0) is 27.7. The van der Waals surface area contributed by atoms with Gasteiger partial charge >= 0.3 is 112 Å². The predicted molar refractivity (Wildman–Crippen MR) is 56.7 cm³/mol. The van der Waals surface area contributed by atoms with Gasteiger partial charge in [-0.3, -0.25) is 0 Å². The van der Waals surface area contributed by atoms with E-state index < -0.39 is 71.0 Å². The largest absolute Gasteiger partial charge is 1.00 e. The van der Waals surface area contributed by atoms with Crippen LogP contribution in [0, 0.1) is 10.8 Å². The summed E-state index contributed by atoms with van der Waals surface area (Å²) in [4.78, 5) is 40.7. The Labute approximate surface area is 247 Å². The number of aliphatic carboxylic acids is 4. The van der Waals surface area contributed by atoms with Crippen molar-refractivity contribution in [1.82, 2.24) is 0 Å². The molecule has 10 nitrogen and oxygen atoms in total. The van der Waals surface area contributed by atoms with E-state index in [2.05, 4.69) is 9.47 Å². The maximum absolute atomic E-state index is 12.8. The molecule has 0 N–H and O–H groups in total. The van der Waals surface area contributed by atoms with E-state index in [0.717, 1.165) is 0 Å². The van der Waals surface area contributed by atoms with E-state index in [1.807, 2.05) is 0 Å². The number of alkyl halides is 12. The molecular formula is C12F12Li4O10. The van der Waals surface area contributed by atoms with E-state index in [-0.39, 0.29) is 75.4 Å². The Balaban J connectivity index is -0.000000275. The molecule has 196 valence electrons. The fourth-order valence-corrected chi connectivity index (χ4v) is 2.56. The van der Waals surface area contributed by atoms with Crippen molar-refractivity contribution in [3.05, 3.63) is 0 Å². The van der Waals surface area contributed by atoms with Crippen molar-refractivity contribution < 1.29 is 177 Å². The van der Waals surface area contributed by atoms with E-state index in [9.17, 15) is 92.3 Å². The molecule has 2 fully saturated rings. The number of carboxylic acid groups (broad SMARTS) is 4. The molecule has 0 radical (unpaired) electrons. The van der Waals surface area contributed by atoms with Crippen LogP contribution in [0.1, 0.15) is 0 Å². The minimum Gasteiger partial charge on any atom is -0.549 e. The van der Waals surface area contributed by atoms with Gasteiger partial charge in [0.25, 0.3) is 0 Å². The molecule has 0 aromatic rings. The van der Waals surface area contributed by atoms with E-state index in [4.69, 9.17) is 0 Å². The number of rotatable bonds is 4. The van der Waals surface area contributed by atoms with E-state index in [1.54, 1.807) is 0 Å². The summed E-state index contributed by atoms with van der Waals surface area (Å²) in [6.07, 6.45) is -23.8. The maximum atomic E-state index is 12.8. The molecule has 2 heterocycles. The first-order valence-corrected chi connectivity index (χ1v) is 7.22. The van der Waals surface area contributed by atoms with Crippen LogP contribution in [0.25, 0.3) is 0 Å². The second-order valence-corrected chi connectivity index (χ2v) is 6.07. The SMILES string of the molecule is O=C([O-])C1(C(=O)[O-])C(F)(F)OC(F)(F)C1(F)F.O=C([O-])C1(C(=O)[O-])C(F)(F)OC(F)(F)C1(F)F.[Li+].[Li+].[Li+].[Li+]. The van der Waals surface area contributed by atoms with Crippen LogP contribution >= 0.6 is 0 Å². The molecule has 26 heteroatoms. The zero-order valence-corrected chi connectivity index (χ0v) is 18.6. The number of carbonyl (C=O) groups excluding carboxylic acids is 4. The van der Waals surface area contributed by atoms with Crippen LogP contribution in [-0.4, -0.2) is 60.2 Å². The molecule has 0 spiro atoms. The summed E-state index contributed by atoms with van der Waals surface area (Å²) in [6, 6.07) is 0. The smallest absolute Gasteiger partial charge is 0.549 e. The summed E-state index contributed by atoms with van der Waals surface area (Å²) in [7, 11) is 0. The van der Waals surface area contributed by atoms with Crippen LogP contribution in [0.15, 0.2) is 0 Å². The number of hydrogen-bond acceptors (Lipinski definition) is 10. The van der Waals surface area contributed by atoms with Crippen molar-refractivity contribution in [1.29, 1.82) is 0 Å². The average Bonchev–Trinajstić information content (AvgIpc) is 2.70. The van der Waals surface area contributed by atoms with Crippen LogP contribution < -0.4 is 95.9 Å². The standard InChI is InChI=1S/2C6H2F6O5.4Li/c2*7-4(8)3(1(13)14,2(15)16)5(9,10)17-6(4,11)12;;;;/h2*(H,13,14)(H,15,16);;;;/q;;4*+1/p-4. The predicted octanol–water partition coefficient (Wildman–Crippen LogP) is -15.3. The van der Waals surface area contributed by atoms with E-state index in [1.165, 1.54) is 0 Å². The number of hydrogen-bond donors (Lipinski definition) is 0. The molecule has 38 heavy (non-hydrogen) atoms. The first-order chi connectivity index (χ1) is 14.7. The first-order valence-electron chi connectivity index (χ1n) is 7.22. The van der Waals surface area contributed by atoms with E-state index in [0.29, 0.717) is 0 Å². The molecule has 0 atom stereocenters. The van der Waals surface area contributed by atoms with Crippen LogP contribution in [-0.2, 0) is 28.7 Å². The molecule has 0 aromatic heterocycles. The van der Waals surface area contributed by atoms with Gasteiger partial charge in [0.2, 0.25) is 10.8 Å². The third kappa shape index (κ3) is 5.22. The number of carbonyl (C=O) groups is 4. The summed E-state index contributed by atoms with van der Waals surface area (Å²) in [5.74, 6) is -27.1. The minimum atomic E-state index is -6.25. The Morgan fingerprint density at radius 1 is 0.395 bits per heavy atom. The molecule has 0 unspecified atom stereocenters. The Bertz CT molecular complexity index is 845. The number of halogens is 12. The Morgan fingerprint density at radius 3 is 0.605 bits per heavy atom. The molecular weight excluding hydrogens is 560 g/mol. The van der Waals surface area contributed by atoms with Gasteiger partial charge in [0, 0.05) is 0 Å². The monoisotopic (exact) mass is 560 g/mol. The van der Waals surface area contributed by atoms with Crippen molar-refractivity contribution in [2.75, 3.05) is 0 Å². The van der Waals surface area contributed by atoms with Gasteiger partial charge in [-0.15, -0.1) is 0 Å². The number of carboxylic acids is 4. The Hall–Kier alpha value is -0.650. The molecule has 2 aliphatic rings.